The Balaban J connectivity index is 4.23. The molecule has 0 aliphatic carbocycles. The van der Waals surface area contributed by atoms with E-state index in [1.165, 1.54) is 135 Å². The second kappa shape index (κ2) is 23.3. The molecule has 0 aromatic rings. The fourth-order valence-corrected chi connectivity index (χ4v) is 4.64. The van der Waals surface area contributed by atoms with Crippen molar-refractivity contribution in [3.05, 3.63) is 6.42 Å². The number of unbranched alkanes of at least 4 members (excludes halogenated alkanes) is 13. The van der Waals surface area contributed by atoms with Crippen molar-refractivity contribution in [1.29, 1.82) is 0 Å². The fourth-order valence-electron chi connectivity index (χ4n) is 4.64. The van der Waals surface area contributed by atoms with E-state index in [0.717, 1.165) is 11.8 Å². The largest absolute Gasteiger partial charge is 0.0654 e. The van der Waals surface area contributed by atoms with Crippen LogP contribution in [0.5, 0.6) is 0 Å². The van der Waals surface area contributed by atoms with E-state index in [1.54, 1.807) is 0 Å². The summed E-state index contributed by atoms with van der Waals surface area (Å²) in [6.45, 7) is 9.35. The van der Waals surface area contributed by atoms with Crippen LogP contribution >= 0.6 is 0 Å². The van der Waals surface area contributed by atoms with Crippen molar-refractivity contribution in [2.24, 2.45) is 11.8 Å². The Labute approximate surface area is 181 Å². The van der Waals surface area contributed by atoms with Crippen molar-refractivity contribution in [2.45, 2.75) is 163 Å². The van der Waals surface area contributed by atoms with Crippen LogP contribution in [0.25, 0.3) is 0 Å². The van der Waals surface area contributed by atoms with E-state index in [2.05, 4.69) is 34.1 Å². The van der Waals surface area contributed by atoms with Crippen molar-refractivity contribution >= 4 is 0 Å². The van der Waals surface area contributed by atoms with Crippen LogP contribution in [-0.2, 0) is 0 Å². The van der Waals surface area contributed by atoms with Crippen molar-refractivity contribution in [2.75, 3.05) is 0 Å². The predicted octanol–water partition coefficient (Wildman–Crippen LogP) is 10.7. The van der Waals surface area contributed by atoms with E-state index in [4.69, 9.17) is 0 Å². The smallest absolute Gasteiger partial charge is 0.0324 e. The average molecular weight is 394 g/mol. The Morgan fingerprint density at radius 1 is 0.357 bits per heavy atom. The molecular weight excluding hydrogens is 336 g/mol. The van der Waals surface area contributed by atoms with Gasteiger partial charge in [-0.15, -0.1) is 0 Å². The molecule has 0 bridgehead atoms. The van der Waals surface area contributed by atoms with Gasteiger partial charge < -0.3 is 0 Å². The van der Waals surface area contributed by atoms with Crippen LogP contribution in [-0.4, -0.2) is 0 Å². The highest BCUT2D eigenvalue weighted by atomic mass is 14.2. The first kappa shape index (κ1) is 28.0. The second-order valence-corrected chi connectivity index (χ2v) is 9.46. The van der Waals surface area contributed by atoms with Gasteiger partial charge in [0.25, 0.3) is 0 Å². The highest BCUT2D eigenvalue weighted by Gasteiger charge is 2.16. The monoisotopic (exact) mass is 393 g/mol. The lowest BCUT2D eigenvalue weighted by Gasteiger charge is -2.23. The lowest BCUT2D eigenvalue weighted by atomic mass is 9.82. The number of rotatable bonds is 23. The summed E-state index contributed by atoms with van der Waals surface area (Å²) in [6, 6.07) is 0. The van der Waals surface area contributed by atoms with Gasteiger partial charge in [0.1, 0.15) is 0 Å². The number of hydrogen-bond donors (Lipinski definition) is 0. The van der Waals surface area contributed by atoms with E-state index in [1.807, 2.05) is 0 Å². The third-order valence-corrected chi connectivity index (χ3v) is 6.49. The van der Waals surface area contributed by atoms with E-state index in [9.17, 15) is 0 Å². The summed E-state index contributed by atoms with van der Waals surface area (Å²) in [7, 11) is 0. The maximum absolute atomic E-state index is 2.84. The average Bonchev–Trinajstić information content (AvgIpc) is 2.70. The normalized spacial score (nSPS) is 13.7. The third kappa shape index (κ3) is 19.3. The first-order valence-electron chi connectivity index (χ1n) is 13.6. The highest BCUT2D eigenvalue weighted by molar-refractivity contribution is 4.84. The van der Waals surface area contributed by atoms with Crippen molar-refractivity contribution in [3.8, 4) is 0 Å². The minimum absolute atomic E-state index is 0.896. The van der Waals surface area contributed by atoms with Crippen LogP contribution in [0.2, 0.25) is 0 Å². The molecule has 28 heavy (non-hydrogen) atoms. The van der Waals surface area contributed by atoms with Gasteiger partial charge in [-0.25, -0.2) is 0 Å². The van der Waals surface area contributed by atoms with Crippen LogP contribution in [0.4, 0.5) is 0 Å². The molecule has 0 spiro atoms. The van der Waals surface area contributed by atoms with Gasteiger partial charge >= 0.3 is 0 Å². The summed E-state index contributed by atoms with van der Waals surface area (Å²) in [6.07, 6.45) is 33.0. The minimum atomic E-state index is 0.896. The molecule has 0 aromatic heterocycles. The zero-order chi connectivity index (χ0) is 20.7. The van der Waals surface area contributed by atoms with Crippen molar-refractivity contribution < 1.29 is 0 Å². The van der Waals surface area contributed by atoms with Crippen LogP contribution in [0, 0.1) is 18.3 Å². The molecule has 0 amide bonds. The SMILES string of the molecule is CCCCCCCCC([CH]C(CCCCCC)CCCCCCCC)CCC. The second-order valence-electron chi connectivity index (χ2n) is 9.46. The van der Waals surface area contributed by atoms with Gasteiger partial charge in [-0.2, -0.15) is 0 Å². The molecule has 1 radical (unpaired) electrons. The third-order valence-electron chi connectivity index (χ3n) is 6.49. The molecule has 0 nitrogen and oxygen atoms in total. The molecule has 0 heterocycles. The van der Waals surface area contributed by atoms with Gasteiger partial charge in [0.15, 0.2) is 0 Å². The molecule has 0 saturated heterocycles. The molecule has 2 atom stereocenters. The van der Waals surface area contributed by atoms with Gasteiger partial charge in [0.05, 0.1) is 0 Å². The molecule has 0 heteroatoms. The van der Waals surface area contributed by atoms with E-state index in [0.29, 0.717) is 0 Å². The molecule has 2 unspecified atom stereocenters. The van der Waals surface area contributed by atoms with Gasteiger partial charge in [0.2, 0.25) is 0 Å². The summed E-state index contributed by atoms with van der Waals surface area (Å²) < 4.78 is 0. The Kier molecular flexibility index (Phi) is 23.3. The Morgan fingerprint density at radius 3 is 1.07 bits per heavy atom. The van der Waals surface area contributed by atoms with Crippen LogP contribution in [0.1, 0.15) is 163 Å². The molecule has 0 fully saturated rings. The highest BCUT2D eigenvalue weighted by Crippen LogP contribution is 2.29. The van der Waals surface area contributed by atoms with Gasteiger partial charge in [-0.1, -0.05) is 163 Å². The zero-order valence-corrected chi connectivity index (χ0v) is 20.6. The van der Waals surface area contributed by atoms with Gasteiger partial charge in [-0.3, -0.25) is 0 Å². The molecule has 0 rings (SSSR count). The fraction of sp³-hybridized carbons (Fsp3) is 0.964. The lowest BCUT2D eigenvalue weighted by molar-refractivity contribution is 0.371. The lowest BCUT2D eigenvalue weighted by Crippen LogP contribution is -2.11. The molecule has 0 aliphatic heterocycles. The van der Waals surface area contributed by atoms with E-state index in [-0.39, 0.29) is 0 Å². The summed E-state index contributed by atoms with van der Waals surface area (Å²) >= 11 is 0. The van der Waals surface area contributed by atoms with Crippen LogP contribution in [0.3, 0.4) is 0 Å². The molecular formula is C28H57. The van der Waals surface area contributed by atoms with Crippen molar-refractivity contribution in [1.82, 2.24) is 0 Å². The maximum Gasteiger partial charge on any atom is -0.0324 e. The molecule has 0 aromatic carbocycles. The zero-order valence-electron chi connectivity index (χ0n) is 20.6. The predicted molar refractivity (Wildman–Crippen MR) is 131 cm³/mol. The van der Waals surface area contributed by atoms with Gasteiger partial charge in [0, 0.05) is 0 Å². The summed E-state index contributed by atoms with van der Waals surface area (Å²) in [5.41, 5.74) is 0. The molecule has 0 N–H and O–H groups in total. The topological polar surface area (TPSA) is 0 Å². The summed E-state index contributed by atoms with van der Waals surface area (Å²) in [5, 5.41) is 0. The summed E-state index contributed by atoms with van der Waals surface area (Å²) in [5.74, 6) is 1.80. The summed E-state index contributed by atoms with van der Waals surface area (Å²) in [4.78, 5) is 0. The molecule has 0 saturated carbocycles. The van der Waals surface area contributed by atoms with Gasteiger partial charge in [-0.05, 0) is 18.3 Å². The molecule has 169 valence electrons. The Morgan fingerprint density at radius 2 is 0.679 bits per heavy atom. The Hall–Kier alpha value is 0. The first-order valence-corrected chi connectivity index (χ1v) is 13.6. The maximum atomic E-state index is 2.84. The van der Waals surface area contributed by atoms with Crippen molar-refractivity contribution in [3.63, 3.8) is 0 Å². The quantitative estimate of drug-likeness (QED) is 0.151. The minimum Gasteiger partial charge on any atom is -0.0654 e. The number of hydrogen-bond acceptors (Lipinski definition) is 0. The first-order chi connectivity index (χ1) is 13.8. The Bertz CT molecular complexity index is 269. The van der Waals surface area contributed by atoms with Crippen LogP contribution < -0.4 is 0 Å². The molecule has 0 aliphatic rings. The standard InChI is InChI=1S/C28H57/c1-5-9-12-15-17-20-23-27(22-8-4)26-28(24-19-14-11-7-3)25-21-18-16-13-10-6-2/h26-28H,5-25H2,1-4H3. The van der Waals surface area contributed by atoms with E-state index >= 15 is 0 Å². The van der Waals surface area contributed by atoms with E-state index < -0.39 is 0 Å². The van der Waals surface area contributed by atoms with Crippen LogP contribution in [0.15, 0.2) is 0 Å².